The maximum atomic E-state index is 14.5. The predicted octanol–water partition coefficient (Wildman–Crippen LogP) is 7.68. The molecule has 5 nitrogen and oxygen atoms in total. The number of fused-ring (bicyclic) bond motifs is 7. The minimum absolute atomic E-state index is 0.0975. The van der Waals surface area contributed by atoms with Gasteiger partial charge in [0.05, 0.1) is 12.5 Å². The summed E-state index contributed by atoms with van der Waals surface area (Å²) in [4.78, 5) is 27.3. The molecule has 11 atom stereocenters. The lowest BCUT2D eigenvalue weighted by Crippen LogP contribution is -2.68. The number of rotatable bonds is 6. The molecule has 0 bridgehead atoms. The summed E-state index contributed by atoms with van der Waals surface area (Å²) in [5, 5.41) is 3.27. The van der Waals surface area contributed by atoms with Gasteiger partial charge in [-0.3, -0.25) is 4.79 Å². The van der Waals surface area contributed by atoms with Crippen molar-refractivity contribution >= 4 is 11.9 Å². The highest BCUT2D eigenvalue weighted by Gasteiger charge is 2.71. The molecule has 0 aromatic heterocycles. The summed E-state index contributed by atoms with van der Waals surface area (Å²) in [6, 6.07) is -0.292. The normalized spacial score (nSPS) is 46.5. The van der Waals surface area contributed by atoms with Crippen LogP contribution in [0.25, 0.3) is 0 Å². The average molecular weight is 583 g/mol. The number of ether oxygens (including phenoxy) is 1. The molecular formula is C37H62N2O3. The fourth-order valence-electron chi connectivity index (χ4n) is 12.7. The first-order chi connectivity index (χ1) is 19.5. The van der Waals surface area contributed by atoms with Gasteiger partial charge in [0.2, 0.25) is 5.91 Å². The highest BCUT2D eigenvalue weighted by atomic mass is 16.5. The zero-order valence-corrected chi connectivity index (χ0v) is 28.4. The van der Waals surface area contributed by atoms with Crippen LogP contribution in [0.4, 0.5) is 0 Å². The summed E-state index contributed by atoms with van der Waals surface area (Å²) >= 11 is 0. The molecule has 0 spiro atoms. The van der Waals surface area contributed by atoms with Gasteiger partial charge < -0.3 is 15.8 Å². The molecule has 5 fully saturated rings. The van der Waals surface area contributed by atoms with Gasteiger partial charge >= 0.3 is 5.97 Å². The van der Waals surface area contributed by atoms with E-state index in [4.69, 9.17) is 10.5 Å². The second-order valence-electron chi connectivity index (χ2n) is 17.5. The van der Waals surface area contributed by atoms with Crippen LogP contribution in [-0.4, -0.2) is 31.1 Å². The number of methoxy groups -OCH3 is 1. The van der Waals surface area contributed by atoms with Crippen LogP contribution in [0, 0.1) is 62.6 Å². The second-order valence-corrected chi connectivity index (χ2v) is 17.5. The first-order valence-corrected chi connectivity index (χ1v) is 17.3. The molecule has 1 amide bonds. The van der Waals surface area contributed by atoms with Crippen LogP contribution in [0.5, 0.6) is 0 Å². The maximum Gasteiger partial charge on any atom is 0.328 e. The Kier molecular flexibility index (Phi) is 8.11. The number of nitrogens with one attached hydrogen (secondary N) is 1. The monoisotopic (exact) mass is 582 g/mol. The van der Waals surface area contributed by atoms with E-state index >= 15 is 0 Å². The van der Waals surface area contributed by atoms with Crippen molar-refractivity contribution in [3.05, 3.63) is 12.2 Å². The molecule has 0 aromatic rings. The van der Waals surface area contributed by atoms with Gasteiger partial charge in [0.15, 0.2) is 0 Å². The molecule has 0 radical (unpaired) electrons. The molecule has 0 saturated heterocycles. The highest BCUT2D eigenvalue weighted by molar-refractivity contribution is 5.88. The summed E-state index contributed by atoms with van der Waals surface area (Å²) < 4.78 is 5.14. The van der Waals surface area contributed by atoms with Crippen molar-refractivity contribution in [2.75, 3.05) is 7.11 Å². The van der Waals surface area contributed by atoms with Crippen molar-refractivity contribution in [1.82, 2.24) is 5.32 Å². The van der Waals surface area contributed by atoms with E-state index in [0.717, 1.165) is 32.1 Å². The molecule has 2 unspecified atom stereocenters. The van der Waals surface area contributed by atoms with Crippen LogP contribution in [0.15, 0.2) is 12.2 Å². The van der Waals surface area contributed by atoms with E-state index < -0.39 is 11.5 Å². The van der Waals surface area contributed by atoms with E-state index in [1.807, 2.05) is 0 Å². The first-order valence-electron chi connectivity index (χ1n) is 17.3. The Morgan fingerprint density at radius 1 is 0.905 bits per heavy atom. The quantitative estimate of drug-likeness (QED) is 0.249. The van der Waals surface area contributed by atoms with Crippen LogP contribution < -0.4 is 11.1 Å². The summed E-state index contributed by atoms with van der Waals surface area (Å²) in [5.74, 6) is 2.56. The zero-order valence-electron chi connectivity index (χ0n) is 28.4. The van der Waals surface area contributed by atoms with Crippen LogP contribution in [0.3, 0.4) is 0 Å². The summed E-state index contributed by atoms with van der Waals surface area (Å²) in [7, 11) is 1.43. The van der Waals surface area contributed by atoms with Crippen LogP contribution in [0.1, 0.15) is 126 Å². The fraction of sp³-hybridized carbons (Fsp3) is 0.892. The van der Waals surface area contributed by atoms with Crippen molar-refractivity contribution in [1.29, 1.82) is 0 Å². The summed E-state index contributed by atoms with van der Waals surface area (Å²) in [6.07, 6.45) is 11.9. The Morgan fingerprint density at radius 2 is 1.60 bits per heavy atom. The molecule has 0 aromatic carbocycles. The lowest BCUT2D eigenvalue weighted by molar-refractivity contribution is -0.237. The number of carbonyl (C=O) groups excluding carboxylic acids is 2. The Bertz CT molecular complexity index is 1100. The number of hydrogen-bond donors (Lipinski definition) is 2. The first kappa shape index (κ1) is 32.0. The molecule has 5 saturated carbocycles. The Balaban J connectivity index is 1.51. The van der Waals surface area contributed by atoms with Gasteiger partial charge in [0.25, 0.3) is 0 Å². The summed E-state index contributed by atoms with van der Waals surface area (Å²) in [5.41, 5.74) is 8.49. The van der Waals surface area contributed by atoms with Gasteiger partial charge in [-0.05, 0) is 135 Å². The molecule has 42 heavy (non-hydrogen) atoms. The Hall–Kier alpha value is -1.36. The van der Waals surface area contributed by atoms with E-state index in [1.54, 1.807) is 0 Å². The van der Waals surface area contributed by atoms with E-state index in [-0.39, 0.29) is 40.0 Å². The predicted molar refractivity (Wildman–Crippen MR) is 170 cm³/mol. The topological polar surface area (TPSA) is 81.4 Å². The largest absolute Gasteiger partial charge is 0.467 e. The fourth-order valence-corrected chi connectivity index (χ4v) is 12.7. The standard InChI is InChI=1S/C37H62N2O3/c1-22(2)21-26(31(40)42-10)39-32(41)37-18-13-24(23(3)4)30(37)25-11-12-28-34(7)16-15-29(38)33(5,6)27(34)14-17-36(28,9)35(25,8)19-20-37/h22,24-30H,3,11-21,38H2,1-2,4-10H3,(H,39,41)/t24-,25+,26-,27-,28?,29?,30+,34-,35+,36+,37-/m0/s1. The van der Waals surface area contributed by atoms with Gasteiger partial charge in [0.1, 0.15) is 6.04 Å². The smallest absolute Gasteiger partial charge is 0.328 e. The molecule has 0 aliphatic heterocycles. The van der Waals surface area contributed by atoms with Crippen LogP contribution >= 0.6 is 0 Å². The van der Waals surface area contributed by atoms with Crippen LogP contribution in [0.2, 0.25) is 0 Å². The van der Waals surface area contributed by atoms with Crippen molar-refractivity contribution in [2.24, 2.45) is 68.3 Å². The average Bonchev–Trinajstić information content (AvgIpc) is 3.32. The molecule has 5 aliphatic carbocycles. The van der Waals surface area contributed by atoms with Gasteiger partial charge in [0, 0.05) is 6.04 Å². The number of allylic oxidation sites excluding steroid dienone is 1. The van der Waals surface area contributed by atoms with Gasteiger partial charge in [-0.15, -0.1) is 0 Å². The zero-order chi connectivity index (χ0) is 31.0. The Labute approximate surface area is 256 Å². The van der Waals surface area contributed by atoms with Gasteiger partial charge in [-0.25, -0.2) is 4.79 Å². The third kappa shape index (κ3) is 4.39. The molecular weight excluding hydrogens is 520 g/mol. The molecule has 5 heteroatoms. The minimum atomic E-state index is -0.584. The van der Waals surface area contributed by atoms with E-state index in [1.165, 1.54) is 44.8 Å². The third-order valence-electron chi connectivity index (χ3n) is 15.1. The number of carbonyl (C=O) groups is 2. The summed E-state index contributed by atoms with van der Waals surface area (Å²) in [6.45, 7) is 23.7. The van der Waals surface area contributed by atoms with Crippen molar-refractivity contribution < 1.29 is 14.3 Å². The van der Waals surface area contributed by atoms with Crippen LogP contribution in [-0.2, 0) is 14.3 Å². The number of hydrogen-bond acceptors (Lipinski definition) is 4. The molecule has 5 rings (SSSR count). The molecule has 5 aliphatic rings. The number of esters is 1. The number of amides is 1. The highest BCUT2D eigenvalue weighted by Crippen LogP contribution is 2.77. The van der Waals surface area contributed by atoms with Crippen molar-refractivity contribution in [3.63, 3.8) is 0 Å². The van der Waals surface area contributed by atoms with E-state index in [0.29, 0.717) is 41.5 Å². The second kappa shape index (κ2) is 10.6. The van der Waals surface area contributed by atoms with Gasteiger partial charge in [-0.1, -0.05) is 60.6 Å². The lowest BCUT2D eigenvalue weighted by atomic mass is 9.32. The van der Waals surface area contributed by atoms with E-state index in [9.17, 15) is 9.59 Å². The molecule has 0 heterocycles. The lowest BCUT2D eigenvalue weighted by Gasteiger charge is -2.73. The molecule has 238 valence electrons. The van der Waals surface area contributed by atoms with Crippen molar-refractivity contribution in [3.8, 4) is 0 Å². The van der Waals surface area contributed by atoms with E-state index in [2.05, 4.69) is 67.3 Å². The number of nitrogens with two attached hydrogens (primary N) is 1. The maximum absolute atomic E-state index is 14.5. The SMILES string of the molecule is C=C(C)[C@@H]1CC[C@]2(C(=O)N[C@@H](CC(C)C)C(=O)OC)CC[C@]3(C)[C@H](CCC4[C@@]5(C)CCC(N)C(C)(C)[C@@H]5CC[C@]43C)[C@@H]12. The van der Waals surface area contributed by atoms with Crippen molar-refractivity contribution in [2.45, 2.75) is 138 Å². The molecule has 3 N–H and O–H groups in total. The minimum Gasteiger partial charge on any atom is -0.467 e. The Morgan fingerprint density at radius 3 is 2.21 bits per heavy atom. The van der Waals surface area contributed by atoms with Gasteiger partial charge in [-0.2, -0.15) is 0 Å². The third-order valence-corrected chi connectivity index (χ3v) is 15.1.